The summed E-state index contributed by atoms with van der Waals surface area (Å²) in [5.41, 5.74) is 7.33. The van der Waals surface area contributed by atoms with E-state index in [-0.39, 0.29) is 5.54 Å². The summed E-state index contributed by atoms with van der Waals surface area (Å²) in [5, 5.41) is 4.54. The molecule has 1 fully saturated rings. The largest absolute Gasteiger partial charge is 0.381 e. The van der Waals surface area contributed by atoms with Crippen LogP contribution in [0.3, 0.4) is 0 Å². The summed E-state index contributed by atoms with van der Waals surface area (Å²) >= 11 is 0. The summed E-state index contributed by atoms with van der Waals surface area (Å²) in [7, 11) is 0. The zero-order chi connectivity index (χ0) is 11.6. The van der Waals surface area contributed by atoms with Gasteiger partial charge in [0.2, 0.25) is 0 Å². The summed E-state index contributed by atoms with van der Waals surface area (Å²) in [4.78, 5) is 0. The number of hydrogen-bond acceptors (Lipinski definition) is 3. The van der Waals surface area contributed by atoms with Crippen LogP contribution in [0.4, 0.5) is 0 Å². The van der Waals surface area contributed by atoms with Crippen LogP contribution in [0.25, 0.3) is 0 Å². The Morgan fingerprint density at radius 3 is 2.75 bits per heavy atom. The molecule has 1 aliphatic heterocycles. The Kier molecular flexibility index (Phi) is 3.30. The third-order valence-corrected chi connectivity index (χ3v) is 3.21. The van der Waals surface area contributed by atoms with Crippen molar-refractivity contribution in [2.24, 2.45) is 5.73 Å². The zero-order valence-corrected chi connectivity index (χ0v) is 10.1. The molecule has 1 aromatic heterocycles. The van der Waals surface area contributed by atoms with E-state index in [0.29, 0.717) is 6.04 Å². The molecule has 2 N–H and O–H groups in total. The number of rotatable bonds is 3. The molecule has 0 saturated carbocycles. The number of nitrogens with zero attached hydrogens (tertiary/aromatic N) is 2. The second-order valence-electron chi connectivity index (χ2n) is 5.03. The van der Waals surface area contributed by atoms with Crippen molar-refractivity contribution in [2.45, 2.75) is 44.7 Å². The molecule has 90 valence electrons. The minimum absolute atomic E-state index is 0.117. The van der Waals surface area contributed by atoms with Crippen LogP contribution in [0.1, 0.15) is 38.4 Å². The molecule has 4 heteroatoms. The minimum atomic E-state index is -0.117. The molecule has 2 heterocycles. The van der Waals surface area contributed by atoms with Crippen molar-refractivity contribution in [3.8, 4) is 0 Å². The van der Waals surface area contributed by atoms with Crippen molar-refractivity contribution in [3.63, 3.8) is 0 Å². The highest BCUT2D eigenvalue weighted by atomic mass is 16.5. The van der Waals surface area contributed by atoms with E-state index in [1.807, 2.05) is 10.9 Å². The summed E-state index contributed by atoms with van der Waals surface area (Å²) in [5.74, 6) is 0. The van der Waals surface area contributed by atoms with Crippen LogP contribution in [-0.2, 0) is 11.2 Å². The van der Waals surface area contributed by atoms with Crippen molar-refractivity contribution in [2.75, 3.05) is 13.2 Å². The van der Waals surface area contributed by atoms with Crippen LogP contribution in [0.2, 0.25) is 0 Å². The fourth-order valence-corrected chi connectivity index (χ4v) is 2.07. The lowest BCUT2D eigenvalue weighted by molar-refractivity contribution is 0.0530. The van der Waals surface area contributed by atoms with E-state index >= 15 is 0 Å². The minimum Gasteiger partial charge on any atom is -0.381 e. The second kappa shape index (κ2) is 4.55. The number of ether oxygens (including phenoxy) is 1. The van der Waals surface area contributed by atoms with Gasteiger partial charge in [0.05, 0.1) is 5.69 Å². The van der Waals surface area contributed by atoms with Gasteiger partial charge in [0.15, 0.2) is 0 Å². The molecular formula is C12H21N3O. The quantitative estimate of drug-likeness (QED) is 0.845. The van der Waals surface area contributed by atoms with Gasteiger partial charge < -0.3 is 10.5 Å². The molecule has 0 radical (unpaired) electrons. The first-order valence-electron chi connectivity index (χ1n) is 6.00. The summed E-state index contributed by atoms with van der Waals surface area (Å²) in [6.07, 6.45) is 4.75. The van der Waals surface area contributed by atoms with E-state index in [4.69, 9.17) is 10.5 Å². The SMILES string of the molecule is CC(C)n1ccc(CC2(N)CCOCC2)n1. The normalized spacial score (nSPS) is 20.2. The van der Waals surface area contributed by atoms with E-state index in [9.17, 15) is 0 Å². The average Bonchev–Trinajstić information content (AvgIpc) is 2.66. The van der Waals surface area contributed by atoms with Crippen LogP contribution < -0.4 is 5.73 Å². The maximum atomic E-state index is 6.35. The molecule has 0 unspecified atom stereocenters. The molecule has 1 aromatic rings. The number of aromatic nitrogens is 2. The first-order valence-corrected chi connectivity index (χ1v) is 6.00. The summed E-state index contributed by atoms with van der Waals surface area (Å²) in [6, 6.07) is 2.49. The van der Waals surface area contributed by atoms with Crippen LogP contribution in [0.5, 0.6) is 0 Å². The van der Waals surface area contributed by atoms with Crippen LogP contribution >= 0.6 is 0 Å². The molecule has 4 nitrogen and oxygen atoms in total. The lowest BCUT2D eigenvalue weighted by Crippen LogP contribution is -2.47. The first-order chi connectivity index (χ1) is 7.59. The van der Waals surface area contributed by atoms with Crippen molar-refractivity contribution in [1.82, 2.24) is 9.78 Å². The average molecular weight is 223 g/mol. The van der Waals surface area contributed by atoms with Crippen LogP contribution in [0.15, 0.2) is 12.3 Å². The van der Waals surface area contributed by atoms with Gasteiger partial charge in [-0.15, -0.1) is 0 Å². The third kappa shape index (κ3) is 2.62. The second-order valence-corrected chi connectivity index (χ2v) is 5.03. The lowest BCUT2D eigenvalue weighted by atomic mass is 9.87. The van der Waals surface area contributed by atoms with Crippen molar-refractivity contribution < 1.29 is 4.74 Å². The van der Waals surface area contributed by atoms with Gasteiger partial charge in [-0.2, -0.15) is 5.10 Å². The molecule has 0 aliphatic carbocycles. The molecule has 0 atom stereocenters. The maximum absolute atomic E-state index is 6.35. The molecule has 1 saturated heterocycles. The Morgan fingerprint density at radius 2 is 2.19 bits per heavy atom. The topological polar surface area (TPSA) is 53.1 Å². The highest BCUT2D eigenvalue weighted by molar-refractivity contribution is 5.06. The summed E-state index contributed by atoms with van der Waals surface area (Å²) in [6.45, 7) is 5.82. The van der Waals surface area contributed by atoms with Crippen molar-refractivity contribution >= 4 is 0 Å². The summed E-state index contributed by atoms with van der Waals surface area (Å²) < 4.78 is 7.32. The molecule has 0 amide bonds. The first kappa shape index (κ1) is 11.6. The predicted molar refractivity (Wildman–Crippen MR) is 63.3 cm³/mol. The highest BCUT2D eigenvalue weighted by Crippen LogP contribution is 2.22. The van der Waals surface area contributed by atoms with E-state index in [2.05, 4.69) is 25.0 Å². The number of hydrogen-bond donors (Lipinski definition) is 1. The van der Waals surface area contributed by atoms with Gasteiger partial charge in [0, 0.05) is 37.4 Å². The van der Waals surface area contributed by atoms with Crippen LogP contribution in [0, 0.1) is 0 Å². The standard InChI is InChI=1S/C12H21N3O/c1-10(2)15-6-3-11(14-15)9-12(13)4-7-16-8-5-12/h3,6,10H,4-5,7-9,13H2,1-2H3. The maximum Gasteiger partial charge on any atom is 0.0643 e. The van der Waals surface area contributed by atoms with E-state index in [0.717, 1.165) is 38.2 Å². The van der Waals surface area contributed by atoms with Gasteiger partial charge in [-0.3, -0.25) is 4.68 Å². The Morgan fingerprint density at radius 1 is 1.50 bits per heavy atom. The van der Waals surface area contributed by atoms with Gasteiger partial charge in [-0.25, -0.2) is 0 Å². The fraction of sp³-hybridized carbons (Fsp3) is 0.750. The zero-order valence-electron chi connectivity index (χ0n) is 10.1. The molecule has 2 rings (SSSR count). The third-order valence-electron chi connectivity index (χ3n) is 3.21. The molecule has 0 bridgehead atoms. The molecule has 0 aromatic carbocycles. The molecule has 1 aliphatic rings. The molecular weight excluding hydrogens is 202 g/mol. The van der Waals surface area contributed by atoms with Crippen LogP contribution in [-0.4, -0.2) is 28.5 Å². The monoisotopic (exact) mass is 223 g/mol. The lowest BCUT2D eigenvalue weighted by Gasteiger charge is -2.32. The predicted octanol–water partition coefficient (Wildman–Crippen LogP) is 1.51. The van der Waals surface area contributed by atoms with Gasteiger partial charge in [0.25, 0.3) is 0 Å². The number of nitrogens with two attached hydrogens (primary N) is 1. The Balaban J connectivity index is 2.02. The fourth-order valence-electron chi connectivity index (χ4n) is 2.07. The van der Waals surface area contributed by atoms with Gasteiger partial charge in [-0.1, -0.05) is 0 Å². The Hall–Kier alpha value is -0.870. The van der Waals surface area contributed by atoms with E-state index < -0.39 is 0 Å². The van der Waals surface area contributed by atoms with Gasteiger partial charge in [0.1, 0.15) is 0 Å². The Labute approximate surface area is 96.8 Å². The van der Waals surface area contributed by atoms with E-state index in [1.54, 1.807) is 0 Å². The van der Waals surface area contributed by atoms with Crippen molar-refractivity contribution in [1.29, 1.82) is 0 Å². The highest BCUT2D eigenvalue weighted by Gasteiger charge is 2.29. The molecule has 0 spiro atoms. The smallest absolute Gasteiger partial charge is 0.0643 e. The Bertz CT molecular complexity index is 340. The van der Waals surface area contributed by atoms with Gasteiger partial charge in [-0.05, 0) is 32.8 Å². The van der Waals surface area contributed by atoms with Crippen molar-refractivity contribution in [3.05, 3.63) is 18.0 Å². The van der Waals surface area contributed by atoms with E-state index in [1.165, 1.54) is 0 Å². The van der Waals surface area contributed by atoms with Gasteiger partial charge >= 0.3 is 0 Å². The molecule has 16 heavy (non-hydrogen) atoms.